The molecule has 0 spiro atoms. The Labute approximate surface area is 418 Å². The number of aromatic nitrogens is 1. The van der Waals surface area contributed by atoms with Crippen molar-refractivity contribution in [2.75, 3.05) is 51.8 Å². The molecule has 0 saturated carbocycles. The van der Waals surface area contributed by atoms with E-state index in [1.54, 1.807) is 36.7 Å². The number of ketones is 1. The van der Waals surface area contributed by atoms with Crippen molar-refractivity contribution in [3.05, 3.63) is 114 Å². The zero-order chi connectivity index (χ0) is 36.5. The quantitative estimate of drug-likeness (QED) is 0.0512. The molecule has 1 N–H and O–H groups in total. The van der Waals surface area contributed by atoms with Gasteiger partial charge in [0.1, 0.15) is 5.75 Å². The number of allylic oxidation sites excluding steroid dienone is 8. The van der Waals surface area contributed by atoms with E-state index in [1.807, 2.05) is 36.4 Å². The first-order valence-electron chi connectivity index (χ1n) is 17.5. The topological polar surface area (TPSA) is 133 Å². The van der Waals surface area contributed by atoms with E-state index >= 15 is 0 Å². The van der Waals surface area contributed by atoms with E-state index in [0.29, 0.717) is 0 Å². The maximum Gasteiger partial charge on any atom is 1.00 e. The third kappa shape index (κ3) is 22.9. The molecule has 2 fully saturated rings. The molecule has 1 aromatic carbocycles. The summed E-state index contributed by atoms with van der Waals surface area (Å²) in [6.45, 7) is 8.02. The molecule has 54 heavy (non-hydrogen) atoms. The number of rotatable bonds is 10. The van der Waals surface area contributed by atoms with Gasteiger partial charge in [0, 0.05) is 37.0 Å². The summed E-state index contributed by atoms with van der Waals surface area (Å²) in [6.07, 6.45) is 26.7. The number of hydroxylamine groups is 2. The van der Waals surface area contributed by atoms with Crippen LogP contribution in [0.25, 0.3) is 11.1 Å². The third-order valence-electron chi connectivity index (χ3n) is 8.42. The summed E-state index contributed by atoms with van der Waals surface area (Å²) in [5.74, 6) is 1.72. The van der Waals surface area contributed by atoms with Gasteiger partial charge in [0.05, 0.1) is 6.61 Å². The van der Waals surface area contributed by atoms with Crippen LogP contribution in [0, 0.1) is 5.21 Å². The van der Waals surface area contributed by atoms with Gasteiger partial charge in [-0.2, -0.15) is 4.73 Å². The second kappa shape index (κ2) is 33.3. The van der Waals surface area contributed by atoms with Crippen LogP contribution in [0.5, 0.6) is 5.75 Å². The molecule has 2 aromatic rings. The number of carbonyl (C=O) groups is 2. The van der Waals surface area contributed by atoms with Gasteiger partial charge in [0.25, 0.3) is 6.47 Å². The van der Waals surface area contributed by atoms with Crippen molar-refractivity contribution in [3.8, 4) is 16.9 Å². The smallest absolute Gasteiger partial charge is 1.00 e. The normalized spacial score (nSPS) is 16.1. The first-order chi connectivity index (χ1) is 24.9. The third-order valence-corrected chi connectivity index (χ3v) is 8.69. The Kier molecular flexibility index (Phi) is 32.9. The number of carbonyl (C=O) groups excluding carboxylic acids is 2. The van der Waals surface area contributed by atoms with Gasteiger partial charge < -0.3 is 31.3 Å². The van der Waals surface area contributed by atoms with Crippen LogP contribution in [0.1, 0.15) is 52.8 Å². The standard InChI is InChI=1S/C19H24N2O2.C11H9NO2.C8H16ClN.CH2O3.ClH.2K.H/c22-21-14-9-18(10-15-21)17-5-7-19(8-6-17)23-16-4-13-20-11-2-1-3-12-20;13-11-3-1-9(2-4-11)10-5-7-12(14)8-6-10;9-5-4-8-10-6-2-1-3-7-10;2-1-4-3;;;;/h5-10,14-15H,1-4,11-13,16H2;1-8,14H;1-8H2;1,3H;1H;;;/q;;;;;2*+1;-1/p-1. The van der Waals surface area contributed by atoms with Crippen molar-refractivity contribution in [3.63, 3.8) is 0 Å². The number of ether oxygens (including phenoxy) is 1. The molecule has 1 aromatic heterocycles. The van der Waals surface area contributed by atoms with Gasteiger partial charge in [0.15, 0.2) is 18.2 Å². The van der Waals surface area contributed by atoms with Crippen LogP contribution >= 0.6 is 24.0 Å². The fraction of sp³-hybridized carbons (Fsp3) is 0.410. The average Bonchev–Trinajstić information content (AvgIpc) is 3.18. The van der Waals surface area contributed by atoms with Gasteiger partial charge in [-0.3, -0.25) is 14.8 Å². The predicted molar refractivity (Wildman–Crippen MR) is 205 cm³/mol. The molecule has 3 aliphatic heterocycles. The van der Waals surface area contributed by atoms with Gasteiger partial charge in [-0.15, -0.1) is 24.0 Å². The molecule has 11 nitrogen and oxygen atoms in total. The van der Waals surface area contributed by atoms with Crippen molar-refractivity contribution >= 4 is 36.3 Å². The zero-order valence-electron chi connectivity index (χ0n) is 32.6. The van der Waals surface area contributed by atoms with Crippen LogP contribution in [0.4, 0.5) is 0 Å². The molecule has 4 aliphatic rings. The largest absolute Gasteiger partial charge is 1.00 e. The van der Waals surface area contributed by atoms with Crippen molar-refractivity contribution in [2.24, 2.45) is 0 Å². The van der Waals surface area contributed by atoms with E-state index in [-0.39, 0.29) is 129 Å². The SMILES string of the molecule is Cl.ClCCCN1CCCCC1.O=C1C=CC(=C2C=CN(O)C=C2)C=C1.O=CO[O-].[H-].[K+].[K+].[O-][n+]1ccc(-c2ccc(OCCCN3CCCCC3)cc2)cc1. The molecule has 0 bridgehead atoms. The minimum absolute atomic E-state index is 0. The summed E-state index contributed by atoms with van der Waals surface area (Å²) >= 11 is 5.59. The number of pyridine rings is 1. The summed E-state index contributed by atoms with van der Waals surface area (Å²) in [6, 6.07) is 11.7. The van der Waals surface area contributed by atoms with E-state index in [2.05, 4.69) is 14.7 Å². The molecule has 1 aliphatic carbocycles. The Morgan fingerprint density at radius 1 is 0.759 bits per heavy atom. The molecule has 0 atom stereocenters. The number of likely N-dealkylation sites (tertiary alicyclic amines) is 2. The van der Waals surface area contributed by atoms with E-state index < -0.39 is 0 Å². The summed E-state index contributed by atoms with van der Waals surface area (Å²) in [4.78, 5) is 27.2. The van der Waals surface area contributed by atoms with Crippen LogP contribution in [-0.4, -0.2) is 84.1 Å². The fourth-order valence-electron chi connectivity index (χ4n) is 5.73. The first-order valence-corrected chi connectivity index (χ1v) is 18.1. The molecule has 286 valence electrons. The minimum Gasteiger partial charge on any atom is -1.00 e. The van der Waals surface area contributed by atoms with Crippen LogP contribution in [0.15, 0.2) is 109 Å². The Morgan fingerprint density at radius 2 is 1.22 bits per heavy atom. The molecular weight excluding hydrogens is 786 g/mol. The minimum atomic E-state index is -0.181. The molecule has 0 radical (unpaired) electrons. The number of halogens is 2. The average molecular weight is 838 g/mol. The Hall–Kier alpha value is -0.697. The van der Waals surface area contributed by atoms with Gasteiger partial charge in [-0.05, 0) is 130 Å². The molecule has 2 saturated heterocycles. The monoisotopic (exact) mass is 836 g/mol. The predicted octanol–water partition coefficient (Wildman–Crippen LogP) is 0.0303. The van der Waals surface area contributed by atoms with Crippen molar-refractivity contribution in [2.45, 2.75) is 51.4 Å². The van der Waals surface area contributed by atoms with Crippen LogP contribution in [0.2, 0.25) is 0 Å². The second-order valence-electron chi connectivity index (χ2n) is 12.2. The molecule has 6 rings (SSSR count). The maximum absolute atomic E-state index is 11.1. The van der Waals surface area contributed by atoms with Gasteiger partial charge in [0.2, 0.25) is 0 Å². The van der Waals surface area contributed by atoms with E-state index in [0.717, 1.165) is 69.7 Å². The number of alkyl halides is 1. The summed E-state index contributed by atoms with van der Waals surface area (Å²) in [5.41, 5.74) is 4.06. The van der Waals surface area contributed by atoms with Gasteiger partial charge in [-0.1, -0.05) is 37.1 Å². The summed E-state index contributed by atoms with van der Waals surface area (Å²) in [5, 5.41) is 29.5. The van der Waals surface area contributed by atoms with Gasteiger partial charge >= 0.3 is 103 Å². The summed E-state index contributed by atoms with van der Waals surface area (Å²) in [7, 11) is 0. The Morgan fingerprint density at radius 3 is 1.70 bits per heavy atom. The number of piperidine rings is 2. The molecular formula is C39H52Cl2K2N4O7. The number of hydrogen-bond acceptors (Lipinski definition) is 10. The number of hydrogen-bond donors (Lipinski definition) is 1. The molecule has 15 heteroatoms. The van der Waals surface area contributed by atoms with Crippen molar-refractivity contribution < 1.29 is 139 Å². The van der Waals surface area contributed by atoms with Crippen molar-refractivity contribution in [1.29, 1.82) is 0 Å². The number of benzene rings is 1. The van der Waals surface area contributed by atoms with E-state index in [1.165, 1.54) is 95.8 Å². The van der Waals surface area contributed by atoms with Crippen molar-refractivity contribution in [1.82, 2.24) is 14.9 Å². The van der Waals surface area contributed by atoms with Crippen LogP contribution in [0.3, 0.4) is 0 Å². The zero-order valence-corrected chi connectivity index (χ0v) is 39.4. The molecule has 0 unspecified atom stereocenters. The van der Waals surface area contributed by atoms with Crippen LogP contribution in [-0.2, 0) is 14.5 Å². The van der Waals surface area contributed by atoms with E-state index in [4.69, 9.17) is 31.6 Å². The molecule has 4 heterocycles. The fourth-order valence-corrected chi connectivity index (χ4v) is 5.85. The maximum atomic E-state index is 11.1. The second-order valence-corrected chi connectivity index (χ2v) is 12.6. The number of nitrogens with zero attached hydrogens (tertiary/aromatic N) is 4. The molecule has 0 amide bonds. The summed E-state index contributed by atoms with van der Waals surface area (Å²) < 4.78 is 6.62. The van der Waals surface area contributed by atoms with Crippen LogP contribution < -0.4 is 117 Å². The first kappa shape index (κ1) is 53.3. The Balaban J connectivity index is 0. The Bertz CT molecular complexity index is 1440. The van der Waals surface area contributed by atoms with Gasteiger partial charge in [-0.25, -0.2) is 5.06 Å². The van der Waals surface area contributed by atoms with E-state index in [9.17, 15) is 10.0 Å².